The summed E-state index contributed by atoms with van der Waals surface area (Å²) in [6.45, 7) is 1.97. The molecule has 26 heavy (non-hydrogen) atoms. The molecule has 0 radical (unpaired) electrons. The number of hydrogen-bond acceptors (Lipinski definition) is 5. The zero-order chi connectivity index (χ0) is 18.3. The maximum atomic E-state index is 6.05. The van der Waals surface area contributed by atoms with E-state index in [1.165, 1.54) is 0 Å². The highest BCUT2D eigenvalue weighted by Gasteiger charge is 2.18. The van der Waals surface area contributed by atoms with Crippen molar-refractivity contribution in [1.29, 1.82) is 0 Å². The Kier molecular flexibility index (Phi) is 3.85. The number of aromatic nitrogens is 4. The summed E-state index contributed by atoms with van der Waals surface area (Å²) in [6.07, 6.45) is 3.51. The van der Waals surface area contributed by atoms with Crippen LogP contribution in [0.2, 0.25) is 0 Å². The first-order valence-corrected chi connectivity index (χ1v) is 8.42. The third kappa shape index (κ3) is 2.68. The Labute approximate surface area is 155 Å². The Bertz CT molecular complexity index is 1120. The molecule has 4 N–H and O–H groups in total. The number of hydrogen-bond donors (Lipinski definition) is 2. The molecule has 0 fully saturated rings. The van der Waals surface area contributed by atoms with Crippen LogP contribution in [0.25, 0.3) is 28.2 Å². The quantitative estimate of drug-likeness (QED) is 0.431. The highest BCUT2D eigenvalue weighted by atomic mass is 32.1. The summed E-state index contributed by atoms with van der Waals surface area (Å²) in [5.74, 6) is 0.592. The van der Waals surface area contributed by atoms with Crippen LogP contribution in [0.1, 0.15) is 11.3 Å². The minimum Gasteiger partial charge on any atom is -0.399 e. The highest BCUT2D eigenvalue weighted by molar-refractivity contribution is 7.80. The van der Waals surface area contributed by atoms with E-state index in [0.717, 1.165) is 22.4 Å². The number of thiocarbonyl (C=S) groups is 1. The molecule has 0 spiro atoms. The molecule has 7 heteroatoms. The predicted octanol–water partition coefficient (Wildman–Crippen LogP) is 2.98. The maximum Gasteiger partial charge on any atom is 0.182 e. The Hall–Kier alpha value is -3.32. The molecule has 6 nitrogen and oxygen atoms in total. The number of aryl methyl sites for hydroxylation is 1. The molecule has 0 unspecified atom stereocenters. The molecule has 4 rings (SSSR count). The van der Waals surface area contributed by atoms with E-state index in [9.17, 15) is 0 Å². The lowest BCUT2D eigenvalue weighted by molar-refractivity contribution is 0.918. The van der Waals surface area contributed by atoms with Gasteiger partial charge in [0.2, 0.25) is 0 Å². The van der Waals surface area contributed by atoms with E-state index in [-0.39, 0.29) is 4.99 Å². The van der Waals surface area contributed by atoms with Crippen LogP contribution in [0, 0.1) is 6.92 Å². The number of pyridine rings is 2. The van der Waals surface area contributed by atoms with Crippen LogP contribution < -0.4 is 11.5 Å². The van der Waals surface area contributed by atoms with Crippen LogP contribution in [0.4, 0.5) is 5.69 Å². The standard InChI is InChI=1S/C19H16N6S/c1-11-9-15(13-3-2-8-22-10-13)16(17(21)26)19-23-18(24-25(11)19)12-4-6-14(20)7-5-12/h2-10H,20H2,1H3,(H2,21,26). The zero-order valence-corrected chi connectivity index (χ0v) is 14.9. The molecule has 0 bridgehead atoms. The number of anilines is 1. The lowest BCUT2D eigenvalue weighted by Gasteiger charge is -2.11. The van der Waals surface area contributed by atoms with E-state index in [1.807, 2.05) is 49.4 Å². The number of benzene rings is 1. The van der Waals surface area contributed by atoms with Gasteiger partial charge in [-0.05, 0) is 48.9 Å². The van der Waals surface area contributed by atoms with Gasteiger partial charge in [0.05, 0.1) is 5.56 Å². The molecule has 1 aromatic carbocycles. The molecule has 3 heterocycles. The number of fused-ring (bicyclic) bond motifs is 1. The summed E-state index contributed by atoms with van der Waals surface area (Å²) in [5, 5.41) is 4.62. The molecule has 0 aliphatic carbocycles. The van der Waals surface area contributed by atoms with Gasteiger partial charge in [-0.3, -0.25) is 4.98 Å². The molecule has 4 aromatic rings. The summed E-state index contributed by atoms with van der Waals surface area (Å²) in [7, 11) is 0. The summed E-state index contributed by atoms with van der Waals surface area (Å²) < 4.78 is 1.76. The number of rotatable bonds is 3. The van der Waals surface area contributed by atoms with Crippen LogP contribution >= 0.6 is 12.2 Å². The van der Waals surface area contributed by atoms with E-state index in [2.05, 4.69) is 10.1 Å². The van der Waals surface area contributed by atoms with Gasteiger partial charge >= 0.3 is 0 Å². The van der Waals surface area contributed by atoms with E-state index in [4.69, 9.17) is 28.7 Å². The first kappa shape index (κ1) is 16.2. The highest BCUT2D eigenvalue weighted by Crippen LogP contribution is 2.29. The molecule has 0 saturated carbocycles. The maximum absolute atomic E-state index is 6.05. The van der Waals surface area contributed by atoms with Crippen molar-refractivity contribution in [2.45, 2.75) is 6.92 Å². The smallest absolute Gasteiger partial charge is 0.182 e. The molecule has 0 saturated heterocycles. The fraction of sp³-hybridized carbons (Fsp3) is 0.0526. The van der Waals surface area contributed by atoms with Crippen molar-refractivity contribution in [1.82, 2.24) is 19.6 Å². The fourth-order valence-corrected chi connectivity index (χ4v) is 3.13. The monoisotopic (exact) mass is 360 g/mol. The van der Waals surface area contributed by atoms with Gasteiger partial charge in [0.15, 0.2) is 11.5 Å². The summed E-state index contributed by atoms with van der Waals surface area (Å²) in [4.78, 5) is 9.17. The van der Waals surface area contributed by atoms with E-state index < -0.39 is 0 Å². The lowest BCUT2D eigenvalue weighted by Crippen LogP contribution is -2.14. The molecule has 128 valence electrons. The van der Waals surface area contributed by atoms with E-state index in [1.54, 1.807) is 16.9 Å². The SMILES string of the molecule is Cc1cc(-c2cccnc2)c(C(N)=S)c2nc(-c3ccc(N)cc3)nn12. The van der Waals surface area contributed by atoms with Crippen LogP contribution in [0.5, 0.6) is 0 Å². The topological polar surface area (TPSA) is 95.1 Å². The number of nitrogens with two attached hydrogens (primary N) is 2. The molecule has 0 aliphatic heterocycles. The van der Waals surface area contributed by atoms with Gasteiger partial charge in [-0.15, -0.1) is 5.10 Å². The van der Waals surface area contributed by atoms with Crippen molar-refractivity contribution in [2.24, 2.45) is 5.73 Å². The van der Waals surface area contributed by atoms with Gasteiger partial charge in [0.1, 0.15) is 4.99 Å². The first-order chi connectivity index (χ1) is 12.5. The van der Waals surface area contributed by atoms with Crippen LogP contribution in [0.3, 0.4) is 0 Å². The summed E-state index contributed by atoms with van der Waals surface area (Å²) in [6, 6.07) is 13.3. The van der Waals surface area contributed by atoms with Gasteiger partial charge < -0.3 is 11.5 Å². The van der Waals surface area contributed by atoms with Crippen LogP contribution in [0.15, 0.2) is 54.9 Å². The van der Waals surface area contributed by atoms with Gasteiger partial charge in [0, 0.05) is 34.9 Å². The normalized spacial score (nSPS) is 11.0. The second-order valence-corrected chi connectivity index (χ2v) is 6.41. The largest absolute Gasteiger partial charge is 0.399 e. The fourth-order valence-electron chi connectivity index (χ4n) is 2.93. The molecule has 0 amide bonds. The van der Waals surface area contributed by atoms with Gasteiger partial charge in [0.25, 0.3) is 0 Å². The van der Waals surface area contributed by atoms with Crippen molar-refractivity contribution in [3.05, 3.63) is 66.1 Å². The van der Waals surface area contributed by atoms with E-state index >= 15 is 0 Å². The van der Waals surface area contributed by atoms with Gasteiger partial charge in [-0.25, -0.2) is 9.50 Å². The number of nitrogens with zero attached hydrogens (tertiary/aromatic N) is 4. The zero-order valence-electron chi connectivity index (χ0n) is 14.0. The average Bonchev–Trinajstić information content (AvgIpc) is 3.08. The molecule has 3 aromatic heterocycles. The third-order valence-electron chi connectivity index (χ3n) is 4.18. The predicted molar refractivity (Wildman–Crippen MR) is 107 cm³/mol. The molecule has 0 atom stereocenters. The van der Waals surface area contributed by atoms with Crippen molar-refractivity contribution >= 4 is 28.5 Å². The molecule has 0 aliphatic rings. The van der Waals surface area contributed by atoms with Crippen molar-refractivity contribution in [3.8, 4) is 22.5 Å². The van der Waals surface area contributed by atoms with Crippen LogP contribution in [-0.2, 0) is 0 Å². The second-order valence-electron chi connectivity index (χ2n) is 5.97. The first-order valence-electron chi connectivity index (χ1n) is 8.01. The van der Waals surface area contributed by atoms with Crippen molar-refractivity contribution < 1.29 is 0 Å². The average molecular weight is 360 g/mol. The lowest BCUT2D eigenvalue weighted by atomic mass is 10.0. The Morgan fingerprint density at radius 2 is 1.88 bits per heavy atom. The Balaban J connectivity index is 2.00. The Morgan fingerprint density at radius 3 is 2.54 bits per heavy atom. The van der Waals surface area contributed by atoms with Crippen molar-refractivity contribution in [3.63, 3.8) is 0 Å². The van der Waals surface area contributed by atoms with Crippen LogP contribution in [-0.4, -0.2) is 24.6 Å². The minimum absolute atomic E-state index is 0.269. The van der Waals surface area contributed by atoms with E-state index in [0.29, 0.717) is 22.7 Å². The minimum atomic E-state index is 0.269. The Morgan fingerprint density at radius 1 is 1.12 bits per heavy atom. The number of nitrogen functional groups attached to an aromatic ring is 1. The summed E-state index contributed by atoms with van der Waals surface area (Å²) in [5.41, 5.74) is 17.4. The summed E-state index contributed by atoms with van der Waals surface area (Å²) >= 11 is 5.32. The third-order valence-corrected chi connectivity index (χ3v) is 4.38. The molecular weight excluding hydrogens is 344 g/mol. The van der Waals surface area contributed by atoms with Crippen molar-refractivity contribution in [2.75, 3.05) is 5.73 Å². The van der Waals surface area contributed by atoms with Gasteiger partial charge in [-0.2, -0.15) is 0 Å². The van der Waals surface area contributed by atoms with Gasteiger partial charge in [-0.1, -0.05) is 18.3 Å². The second kappa shape index (κ2) is 6.20. The molecular formula is C19H16N6S.